The van der Waals surface area contributed by atoms with E-state index < -0.39 is 22.0 Å². The maximum absolute atomic E-state index is 12.4. The maximum Gasteiger partial charge on any atom is 0.221 e. The Morgan fingerprint density at radius 3 is 2.57 bits per heavy atom. The zero-order valence-electron chi connectivity index (χ0n) is 16.6. The average molecular weight is 431 g/mol. The molecule has 1 amide bonds. The number of hydrogen-bond acceptors (Lipinski definition) is 6. The van der Waals surface area contributed by atoms with Crippen LogP contribution in [0.1, 0.15) is 23.7 Å². The molecule has 3 atom stereocenters. The van der Waals surface area contributed by atoms with Gasteiger partial charge in [-0.2, -0.15) is 0 Å². The summed E-state index contributed by atoms with van der Waals surface area (Å²) in [4.78, 5) is 14.6. The smallest absolute Gasteiger partial charge is 0.221 e. The Kier molecular flexibility index (Phi) is 6.08. The molecule has 4 rings (SSSR count). The second-order valence-corrected chi connectivity index (χ2v) is 10.1. The fraction of sp³-hybridized carbons (Fsp3) is 0.409. The third-order valence-electron chi connectivity index (χ3n) is 5.56. The first-order chi connectivity index (χ1) is 14.4. The van der Waals surface area contributed by atoms with Gasteiger partial charge >= 0.3 is 0 Å². The van der Waals surface area contributed by atoms with Gasteiger partial charge in [0.25, 0.3) is 0 Å². The lowest BCUT2D eigenvalue weighted by Crippen LogP contribution is -2.43. The summed E-state index contributed by atoms with van der Waals surface area (Å²) in [6.07, 6.45) is -0.980. The largest absolute Gasteiger partial charge is 0.484 e. The van der Waals surface area contributed by atoms with Crippen molar-refractivity contribution in [2.45, 2.75) is 31.2 Å². The Bertz CT molecular complexity index is 996. The molecule has 2 aliphatic heterocycles. The maximum atomic E-state index is 12.4. The molecule has 2 heterocycles. The van der Waals surface area contributed by atoms with E-state index in [0.717, 1.165) is 16.9 Å². The number of benzene rings is 2. The zero-order valence-corrected chi connectivity index (χ0v) is 17.4. The Hall–Kier alpha value is -2.42. The predicted molar refractivity (Wildman–Crippen MR) is 113 cm³/mol. The van der Waals surface area contributed by atoms with Gasteiger partial charge < -0.3 is 15.2 Å². The molecule has 7 nitrogen and oxygen atoms in total. The van der Waals surface area contributed by atoms with Crippen molar-refractivity contribution in [3.05, 3.63) is 65.7 Å². The second kappa shape index (κ2) is 8.75. The van der Waals surface area contributed by atoms with Crippen molar-refractivity contribution in [1.82, 2.24) is 10.2 Å². The van der Waals surface area contributed by atoms with E-state index in [4.69, 9.17) is 4.74 Å². The minimum absolute atomic E-state index is 0.153. The highest BCUT2D eigenvalue weighted by Gasteiger charge is 2.37. The van der Waals surface area contributed by atoms with Gasteiger partial charge in [0.1, 0.15) is 11.9 Å². The Balaban J connectivity index is 1.42. The van der Waals surface area contributed by atoms with E-state index in [9.17, 15) is 18.3 Å². The van der Waals surface area contributed by atoms with Gasteiger partial charge in [-0.05, 0) is 11.6 Å². The Morgan fingerprint density at radius 1 is 1.10 bits per heavy atom. The topological polar surface area (TPSA) is 95.9 Å². The van der Waals surface area contributed by atoms with Crippen LogP contribution in [-0.2, 0) is 21.2 Å². The highest BCUT2D eigenvalue weighted by molar-refractivity contribution is 7.91. The molecule has 0 bridgehead atoms. The number of hydrogen-bond donors (Lipinski definition) is 2. The SMILES string of the molecule is O=C(CCN1Cc2ccccc2OC(c2ccccc2)C1)N[C@@H]1CS(=O)(=O)C[C@H]1O. The molecule has 1 fully saturated rings. The van der Waals surface area contributed by atoms with Gasteiger partial charge in [-0.3, -0.25) is 9.69 Å². The van der Waals surface area contributed by atoms with Crippen molar-refractivity contribution in [3.8, 4) is 5.75 Å². The molecule has 2 N–H and O–H groups in total. The van der Waals surface area contributed by atoms with Gasteiger partial charge in [-0.1, -0.05) is 48.5 Å². The van der Waals surface area contributed by atoms with Gasteiger partial charge in [-0.15, -0.1) is 0 Å². The minimum Gasteiger partial charge on any atom is -0.484 e. The number of aliphatic hydroxyl groups excluding tert-OH is 1. The van der Waals surface area contributed by atoms with Crippen LogP contribution in [0.5, 0.6) is 5.75 Å². The monoisotopic (exact) mass is 430 g/mol. The third-order valence-corrected chi connectivity index (χ3v) is 7.27. The highest BCUT2D eigenvalue weighted by atomic mass is 32.2. The number of rotatable bonds is 5. The molecule has 0 aliphatic carbocycles. The quantitative estimate of drug-likeness (QED) is 0.742. The van der Waals surface area contributed by atoms with Crippen molar-refractivity contribution in [1.29, 1.82) is 0 Å². The first kappa shape index (κ1) is 20.8. The van der Waals surface area contributed by atoms with Gasteiger partial charge in [0, 0.05) is 31.6 Å². The molecule has 2 aromatic carbocycles. The number of amides is 1. The Labute approximate surface area is 176 Å². The van der Waals surface area contributed by atoms with Crippen LogP contribution in [0.3, 0.4) is 0 Å². The molecule has 0 saturated carbocycles. The summed E-state index contributed by atoms with van der Waals surface area (Å²) in [6.45, 7) is 1.79. The summed E-state index contributed by atoms with van der Waals surface area (Å²) in [5.41, 5.74) is 2.14. The number of ether oxygens (including phenoxy) is 1. The van der Waals surface area contributed by atoms with Crippen LogP contribution in [0.25, 0.3) is 0 Å². The number of sulfone groups is 1. The number of nitrogens with one attached hydrogen (secondary N) is 1. The first-order valence-corrected chi connectivity index (χ1v) is 11.9. The fourth-order valence-electron chi connectivity index (χ4n) is 4.00. The van der Waals surface area contributed by atoms with E-state index >= 15 is 0 Å². The normalized spacial score (nSPS) is 25.7. The molecular formula is C22H26N2O5S. The number of nitrogens with zero attached hydrogens (tertiary/aromatic N) is 1. The number of aliphatic hydroxyl groups is 1. The van der Waals surface area contributed by atoms with Crippen LogP contribution in [0, 0.1) is 0 Å². The minimum atomic E-state index is -3.29. The summed E-state index contributed by atoms with van der Waals surface area (Å²) < 4.78 is 29.5. The van der Waals surface area contributed by atoms with Gasteiger partial charge in [0.2, 0.25) is 5.91 Å². The van der Waals surface area contributed by atoms with Crippen LogP contribution < -0.4 is 10.1 Å². The summed E-state index contributed by atoms with van der Waals surface area (Å²) in [5.74, 6) is 0.0844. The van der Waals surface area contributed by atoms with Crippen LogP contribution in [-0.4, -0.2) is 61.1 Å². The van der Waals surface area contributed by atoms with Crippen molar-refractivity contribution in [2.24, 2.45) is 0 Å². The molecule has 2 aromatic rings. The summed E-state index contributed by atoms with van der Waals surface area (Å²) >= 11 is 0. The molecule has 0 radical (unpaired) electrons. The number of fused-ring (bicyclic) bond motifs is 1. The molecule has 1 unspecified atom stereocenters. The van der Waals surface area contributed by atoms with E-state index in [1.165, 1.54) is 0 Å². The average Bonchev–Trinajstić information content (AvgIpc) is 2.88. The third kappa shape index (κ3) is 5.00. The molecular weight excluding hydrogens is 404 g/mol. The summed E-state index contributed by atoms with van der Waals surface area (Å²) in [6, 6.07) is 17.2. The van der Waals surface area contributed by atoms with Crippen molar-refractivity contribution < 1.29 is 23.1 Å². The molecule has 0 spiro atoms. The molecule has 0 aromatic heterocycles. The standard InChI is InChI=1S/C22H26N2O5S/c25-19-15-30(27,28)14-18(19)23-22(26)10-11-24-12-17-8-4-5-9-20(17)29-21(13-24)16-6-2-1-3-7-16/h1-9,18-19,21,25H,10-15H2,(H,23,26)/t18-,19-,21?/m1/s1. The molecule has 1 saturated heterocycles. The van der Waals surface area contributed by atoms with E-state index in [-0.39, 0.29) is 29.9 Å². The lowest BCUT2D eigenvalue weighted by molar-refractivity contribution is -0.122. The number of carbonyl (C=O) groups excluding carboxylic acids is 1. The van der Waals surface area contributed by atoms with Crippen molar-refractivity contribution >= 4 is 15.7 Å². The van der Waals surface area contributed by atoms with Crippen molar-refractivity contribution in [3.63, 3.8) is 0 Å². The fourth-order valence-corrected chi connectivity index (χ4v) is 5.74. The molecule has 2 aliphatic rings. The van der Waals surface area contributed by atoms with E-state index in [1.54, 1.807) is 0 Å². The lowest BCUT2D eigenvalue weighted by Gasteiger charge is -2.24. The van der Waals surface area contributed by atoms with Gasteiger partial charge in [0.15, 0.2) is 9.84 Å². The van der Waals surface area contributed by atoms with Crippen LogP contribution in [0.15, 0.2) is 54.6 Å². The number of carbonyl (C=O) groups is 1. The predicted octanol–water partition coefficient (Wildman–Crippen LogP) is 1.29. The number of para-hydroxylation sites is 1. The van der Waals surface area contributed by atoms with Crippen molar-refractivity contribution in [2.75, 3.05) is 24.6 Å². The van der Waals surface area contributed by atoms with Crippen LogP contribution >= 0.6 is 0 Å². The molecule has 8 heteroatoms. The van der Waals surface area contributed by atoms with E-state index in [1.807, 2.05) is 54.6 Å². The van der Waals surface area contributed by atoms with Crippen LogP contribution in [0.2, 0.25) is 0 Å². The van der Waals surface area contributed by atoms with Gasteiger partial charge in [-0.25, -0.2) is 8.42 Å². The van der Waals surface area contributed by atoms with E-state index in [2.05, 4.69) is 10.2 Å². The second-order valence-electron chi connectivity index (χ2n) is 7.93. The highest BCUT2D eigenvalue weighted by Crippen LogP contribution is 2.31. The molecule has 30 heavy (non-hydrogen) atoms. The van der Waals surface area contributed by atoms with E-state index in [0.29, 0.717) is 19.6 Å². The van der Waals surface area contributed by atoms with Crippen LogP contribution in [0.4, 0.5) is 0 Å². The first-order valence-electron chi connectivity index (χ1n) is 10.1. The van der Waals surface area contributed by atoms with Gasteiger partial charge in [0.05, 0.1) is 23.7 Å². The molecule has 160 valence electrons. The Morgan fingerprint density at radius 2 is 1.83 bits per heavy atom. The summed E-state index contributed by atoms with van der Waals surface area (Å²) in [7, 11) is -3.29. The summed E-state index contributed by atoms with van der Waals surface area (Å²) in [5, 5.41) is 12.6. The lowest BCUT2D eigenvalue weighted by atomic mass is 10.1. The zero-order chi connectivity index (χ0) is 21.1.